The van der Waals surface area contributed by atoms with Crippen molar-refractivity contribution in [1.82, 2.24) is 0 Å². The van der Waals surface area contributed by atoms with Crippen LogP contribution in [0, 0.1) is 0 Å². The summed E-state index contributed by atoms with van der Waals surface area (Å²) in [6.45, 7) is 0.441. The van der Waals surface area contributed by atoms with Crippen LogP contribution in [0.3, 0.4) is 0 Å². The van der Waals surface area contributed by atoms with Crippen molar-refractivity contribution < 1.29 is 19.3 Å². The Morgan fingerprint density at radius 1 is 1.23 bits per heavy atom. The standard InChI is InChI=1S/C17H24O4S/c1-19-16(22-13-8-4-2-5-9-13)15(18)14-12-20-17(21-14)10-6-3-7-11-17/h2,4-5,8-9,14-16,18H,3,6-7,10-12H2,1H3/t14-,15+,16+/m1/s1. The summed E-state index contributed by atoms with van der Waals surface area (Å²) in [5.41, 5.74) is -0.366. The first-order valence-corrected chi connectivity index (χ1v) is 8.85. The fourth-order valence-electron chi connectivity index (χ4n) is 3.16. The molecule has 3 rings (SSSR count). The number of benzene rings is 1. The number of rotatable bonds is 5. The van der Waals surface area contributed by atoms with E-state index in [9.17, 15) is 5.11 Å². The first-order valence-electron chi connectivity index (χ1n) is 7.97. The monoisotopic (exact) mass is 324 g/mol. The Morgan fingerprint density at radius 3 is 2.64 bits per heavy atom. The van der Waals surface area contributed by atoms with E-state index in [2.05, 4.69) is 0 Å². The second kappa shape index (κ2) is 7.32. The zero-order valence-electron chi connectivity index (χ0n) is 12.9. The van der Waals surface area contributed by atoms with Gasteiger partial charge in [-0.1, -0.05) is 36.4 Å². The number of aliphatic hydroxyl groups excluding tert-OH is 1. The lowest BCUT2D eigenvalue weighted by atomic mass is 9.94. The van der Waals surface area contributed by atoms with E-state index in [0.717, 1.165) is 30.6 Å². The first-order chi connectivity index (χ1) is 10.7. The summed E-state index contributed by atoms with van der Waals surface area (Å²) in [6, 6.07) is 9.96. The Balaban J connectivity index is 1.61. The summed E-state index contributed by atoms with van der Waals surface area (Å²) < 4.78 is 17.5. The van der Waals surface area contributed by atoms with Crippen LogP contribution in [0.25, 0.3) is 0 Å². The Hall–Kier alpha value is -0.590. The van der Waals surface area contributed by atoms with Gasteiger partial charge in [-0.05, 0) is 25.0 Å². The molecule has 1 aromatic rings. The molecule has 1 aromatic carbocycles. The van der Waals surface area contributed by atoms with Crippen molar-refractivity contribution in [1.29, 1.82) is 0 Å². The minimum Gasteiger partial charge on any atom is -0.387 e. The molecular formula is C17H24O4S. The van der Waals surface area contributed by atoms with Crippen molar-refractivity contribution in [3.05, 3.63) is 30.3 Å². The number of thioether (sulfide) groups is 1. The fraction of sp³-hybridized carbons (Fsp3) is 0.647. The quantitative estimate of drug-likeness (QED) is 0.666. The summed E-state index contributed by atoms with van der Waals surface area (Å²) >= 11 is 1.51. The van der Waals surface area contributed by atoms with Crippen LogP contribution < -0.4 is 0 Å². The van der Waals surface area contributed by atoms with Gasteiger partial charge >= 0.3 is 0 Å². The van der Waals surface area contributed by atoms with Gasteiger partial charge in [-0.2, -0.15) is 0 Å². The number of ether oxygens (including phenoxy) is 3. The second-order valence-corrected chi connectivity index (χ2v) is 7.14. The van der Waals surface area contributed by atoms with E-state index >= 15 is 0 Å². The van der Waals surface area contributed by atoms with Gasteiger partial charge in [0, 0.05) is 24.8 Å². The van der Waals surface area contributed by atoms with E-state index in [1.54, 1.807) is 7.11 Å². The molecule has 0 aromatic heterocycles. The molecule has 1 aliphatic heterocycles. The molecule has 22 heavy (non-hydrogen) atoms. The lowest BCUT2D eigenvalue weighted by Gasteiger charge is -2.33. The Labute approximate surface area is 136 Å². The van der Waals surface area contributed by atoms with Crippen LogP contribution >= 0.6 is 11.8 Å². The third-order valence-corrected chi connectivity index (χ3v) is 5.63. The molecule has 1 saturated heterocycles. The van der Waals surface area contributed by atoms with Gasteiger partial charge < -0.3 is 19.3 Å². The summed E-state index contributed by atoms with van der Waals surface area (Å²) in [7, 11) is 1.62. The van der Waals surface area contributed by atoms with Crippen molar-refractivity contribution in [2.75, 3.05) is 13.7 Å². The van der Waals surface area contributed by atoms with Gasteiger partial charge in [0.1, 0.15) is 17.6 Å². The van der Waals surface area contributed by atoms with Crippen LogP contribution in [0.15, 0.2) is 35.2 Å². The van der Waals surface area contributed by atoms with E-state index in [0.29, 0.717) is 6.61 Å². The van der Waals surface area contributed by atoms with Crippen molar-refractivity contribution in [2.45, 2.75) is 60.4 Å². The smallest absolute Gasteiger partial charge is 0.169 e. The van der Waals surface area contributed by atoms with Gasteiger partial charge in [0.05, 0.1) is 6.61 Å². The average molecular weight is 324 g/mol. The summed E-state index contributed by atoms with van der Waals surface area (Å²) in [5, 5.41) is 10.6. The molecular weight excluding hydrogens is 300 g/mol. The van der Waals surface area contributed by atoms with Crippen molar-refractivity contribution >= 4 is 11.8 Å². The highest BCUT2D eigenvalue weighted by Crippen LogP contribution is 2.40. The second-order valence-electron chi connectivity index (χ2n) is 5.96. The minimum absolute atomic E-state index is 0.320. The Morgan fingerprint density at radius 2 is 1.95 bits per heavy atom. The molecule has 0 unspecified atom stereocenters. The summed E-state index contributed by atoms with van der Waals surface area (Å²) in [6.07, 6.45) is 4.34. The highest BCUT2D eigenvalue weighted by atomic mass is 32.2. The zero-order chi connectivity index (χ0) is 15.4. The highest BCUT2D eigenvalue weighted by Gasteiger charge is 2.46. The topological polar surface area (TPSA) is 47.9 Å². The maximum atomic E-state index is 10.6. The molecule has 2 fully saturated rings. The summed E-state index contributed by atoms with van der Waals surface area (Å²) in [4.78, 5) is 1.07. The average Bonchev–Trinajstić information content (AvgIpc) is 2.97. The van der Waals surface area contributed by atoms with Gasteiger partial charge in [0.2, 0.25) is 0 Å². The van der Waals surface area contributed by atoms with Crippen LogP contribution in [0.5, 0.6) is 0 Å². The minimum atomic E-state index is -0.712. The number of aliphatic hydroxyl groups is 1. The van der Waals surface area contributed by atoms with Crippen LogP contribution in [-0.4, -0.2) is 42.3 Å². The number of methoxy groups -OCH3 is 1. The maximum absolute atomic E-state index is 10.6. The zero-order valence-corrected chi connectivity index (χ0v) is 13.8. The molecule has 1 aliphatic carbocycles. The van der Waals surface area contributed by atoms with E-state index in [1.165, 1.54) is 18.2 Å². The molecule has 0 bridgehead atoms. The predicted molar refractivity (Wildman–Crippen MR) is 85.7 cm³/mol. The molecule has 3 atom stereocenters. The van der Waals surface area contributed by atoms with Crippen molar-refractivity contribution in [2.24, 2.45) is 0 Å². The van der Waals surface area contributed by atoms with Gasteiger partial charge in [-0.15, -0.1) is 0 Å². The van der Waals surface area contributed by atoms with E-state index in [-0.39, 0.29) is 11.5 Å². The lowest BCUT2D eigenvalue weighted by Crippen LogP contribution is -2.40. The molecule has 1 spiro atoms. The first kappa shape index (κ1) is 16.3. The predicted octanol–water partition coefficient (Wildman–Crippen LogP) is 3.19. The van der Waals surface area contributed by atoms with E-state index in [4.69, 9.17) is 14.2 Å². The van der Waals surface area contributed by atoms with E-state index in [1.807, 2.05) is 30.3 Å². The van der Waals surface area contributed by atoms with Gasteiger partial charge in [0.25, 0.3) is 0 Å². The molecule has 2 aliphatic rings. The third-order valence-electron chi connectivity index (χ3n) is 4.38. The SMILES string of the molecule is CO[C@@H](Sc1ccccc1)[C@@H](O)[C@H]1COC2(CCCCC2)O1. The molecule has 5 heteroatoms. The summed E-state index contributed by atoms with van der Waals surface area (Å²) in [5.74, 6) is -0.459. The van der Waals surface area contributed by atoms with Crippen LogP contribution in [0.1, 0.15) is 32.1 Å². The molecule has 122 valence electrons. The van der Waals surface area contributed by atoms with Crippen LogP contribution in [0.2, 0.25) is 0 Å². The molecule has 0 amide bonds. The van der Waals surface area contributed by atoms with Crippen molar-refractivity contribution in [3.63, 3.8) is 0 Å². The fourth-order valence-corrected chi connectivity index (χ4v) is 4.16. The molecule has 4 nitrogen and oxygen atoms in total. The largest absolute Gasteiger partial charge is 0.387 e. The normalized spacial score (nSPS) is 26.9. The van der Waals surface area contributed by atoms with E-state index < -0.39 is 11.9 Å². The van der Waals surface area contributed by atoms with Crippen LogP contribution in [0.4, 0.5) is 0 Å². The van der Waals surface area contributed by atoms with Gasteiger partial charge in [-0.3, -0.25) is 0 Å². The Kier molecular flexibility index (Phi) is 5.42. The van der Waals surface area contributed by atoms with Gasteiger partial charge in [-0.25, -0.2) is 0 Å². The molecule has 1 saturated carbocycles. The molecule has 1 heterocycles. The number of hydrogen-bond acceptors (Lipinski definition) is 5. The third kappa shape index (κ3) is 3.66. The molecule has 1 N–H and O–H groups in total. The maximum Gasteiger partial charge on any atom is 0.169 e. The van der Waals surface area contributed by atoms with Crippen LogP contribution in [-0.2, 0) is 14.2 Å². The lowest BCUT2D eigenvalue weighted by molar-refractivity contribution is -0.198. The molecule has 0 radical (unpaired) electrons. The Bertz CT molecular complexity index is 461. The van der Waals surface area contributed by atoms with Crippen molar-refractivity contribution in [3.8, 4) is 0 Å². The highest BCUT2D eigenvalue weighted by molar-refractivity contribution is 7.99. The van der Waals surface area contributed by atoms with Gasteiger partial charge in [0.15, 0.2) is 5.79 Å². The number of hydrogen-bond donors (Lipinski definition) is 1.